The number of nitrogens with zero attached hydrogens (tertiary/aromatic N) is 1. The summed E-state index contributed by atoms with van der Waals surface area (Å²) in [5.74, 6) is 0. The Kier molecular flexibility index (Phi) is 9.15. The Hall–Kier alpha value is 1.07. The Morgan fingerprint density at radius 1 is 1.75 bits per heavy atom. The molecule has 0 aliphatic heterocycles. The second-order valence-corrected chi connectivity index (χ2v) is 1.98. The predicted octanol–water partition coefficient (Wildman–Crippen LogP) is -2.68. The van der Waals surface area contributed by atoms with E-state index in [2.05, 4.69) is 29.7 Å². The van der Waals surface area contributed by atoms with Crippen LogP contribution in [0.5, 0.6) is 0 Å². The van der Waals surface area contributed by atoms with E-state index in [1.165, 1.54) is 12.2 Å². The van der Waals surface area contributed by atoms with Crippen molar-refractivity contribution >= 4 is 29.2 Å². The summed E-state index contributed by atoms with van der Waals surface area (Å²) in [5, 5.41) is 1.34. The van der Waals surface area contributed by atoms with Crippen LogP contribution in [0.4, 0.5) is 0 Å². The molecule has 0 saturated carbocycles. The molecule has 0 amide bonds. The molecule has 0 rings (SSSR count). The molecule has 0 fully saturated rings. The summed E-state index contributed by atoms with van der Waals surface area (Å²) < 4.78 is 0.322. The van der Waals surface area contributed by atoms with E-state index >= 15 is 0 Å². The van der Waals surface area contributed by atoms with Crippen LogP contribution in [0, 0.1) is 0 Å². The minimum absolute atomic E-state index is 0. The van der Waals surface area contributed by atoms with E-state index in [9.17, 15) is 0 Å². The van der Waals surface area contributed by atoms with Crippen molar-refractivity contribution in [3.05, 3.63) is 0 Å². The van der Waals surface area contributed by atoms with Crippen molar-refractivity contribution in [3.8, 4) is 0 Å². The van der Waals surface area contributed by atoms with Crippen molar-refractivity contribution in [2.45, 2.75) is 0 Å². The molecule has 0 unspecified atom stereocenters. The first-order chi connectivity index (χ1) is 3.18. The van der Waals surface area contributed by atoms with Gasteiger partial charge in [0, 0.05) is 7.05 Å². The molecule has 0 radical (unpaired) electrons. The summed E-state index contributed by atoms with van der Waals surface area (Å²) >= 11 is 9.07. The van der Waals surface area contributed by atoms with E-state index in [1.54, 1.807) is 7.05 Å². The Morgan fingerprint density at radius 3 is 2.12 bits per heavy atom. The summed E-state index contributed by atoms with van der Waals surface area (Å²) in [6.07, 6.45) is 0. The molecule has 0 aliphatic carbocycles. The fraction of sp³-hybridized carbons (Fsp3) is 0.667. The molecular weight excluding hydrogens is 153 g/mol. The number of hydrogen-bond donors (Lipinski definition) is 0. The molecule has 2 nitrogen and oxygen atoms in total. The van der Waals surface area contributed by atoms with E-state index < -0.39 is 0 Å². The van der Waals surface area contributed by atoms with Crippen LogP contribution >= 0.6 is 12.2 Å². The van der Waals surface area contributed by atoms with Crippen LogP contribution in [0.3, 0.4) is 0 Å². The molecule has 5 heteroatoms. The van der Waals surface area contributed by atoms with Crippen molar-refractivity contribution < 1.29 is 34.4 Å². The number of thiocarbonyl (C=S) groups is 1. The zero-order valence-electron chi connectivity index (χ0n) is 5.17. The normalized spacial score (nSPS) is 7.25. The number of rotatable bonds is 1. The third kappa shape index (κ3) is 5.21. The van der Waals surface area contributed by atoms with Gasteiger partial charge < -0.3 is 24.8 Å². The average molecular weight is 159 g/mol. The maximum atomic E-state index is 4.60. The molecule has 0 atom stereocenters. The zero-order chi connectivity index (χ0) is 5.86. The minimum Gasteiger partial charge on any atom is -0.409 e. The molecule has 0 aromatic heterocycles. The summed E-state index contributed by atoms with van der Waals surface area (Å²) in [5.41, 5.74) is 0. The van der Waals surface area contributed by atoms with Gasteiger partial charge in [-0.15, -0.1) is 0 Å². The third-order valence-corrected chi connectivity index (χ3v) is 1.05. The van der Waals surface area contributed by atoms with Gasteiger partial charge in [0.25, 0.3) is 0 Å². The summed E-state index contributed by atoms with van der Waals surface area (Å²) in [6.45, 7) is 0. The van der Waals surface area contributed by atoms with E-state index in [0.717, 1.165) is 0 Å². The Balaban J connectivity index is 0. The van der Waals surface area contributed by atoms with Crippen LogP contribution in [0.1, 0.15) is 0 Å². The van der Waals surface area contributed by atoms with Gasteiger partial charge in [-0.1, -0.05) is 0 Å². The second kappa shape index (κ2) is 6.19. The third-order valence-electron chi connectivity index (χ3n) is 0.531. The molecule has 8 heavy (non-hydrogen) atoms. The summed E-state index contributed by atoms with van der Waals surface area (Å²) in [7, 11) is 3.17. The van der Waals surface area contributed by atoms with Crippen LogP contribution < -0.4 is 29.6 Å². The van der Waals surface area contributed by atoms with E-state index in [1.807, 2.05) is 0 Å². The molecule has 0 aromatic carbocycles. The SMILES string of the molecule is CON(C)C(=S)[S-].[Na+]. The van der Waals surface area contributed by atoms with Crippen LogP contribution in [-0.2, 0) is 17.5 Å². The molecule has 0 aromatic rings. The van der Waals surface area contributed by atoms with Gasteiger partial charge in [0.05, 0.1) is 7.11 Å². The van der Waals surface area contributed by atoms with Gasteiger partial charge >= 0.3 is 29.6 Å². The van der Waals surface area contributed by atoms with Crippen molar-refractivity contribution in [2.24, 2.45) is 0 Å². The Morgan fingerprint density at radius 2 is 2.12 bits per heavy atom. The maximum absolute atomic E-state index is 4.60. The van der Waals surface area contributed by atoms with Crippen LogP contribution in [0.15, 0.2) is 0 Å². The maximum Gasteiger partial charge on any atom is 1.00 e. The largest absolute Gasteiger partial charge is 1.00 e. The second-order valence-electron chi connectivity index (χ2n) is 0.946. The van der Waals surface area contributed by atoms with Crippen molar-refractivity contribution in [3.63, 3.8) is 0 Å². The van der Waals surface area contributed by atoms with Gasteiger partial charge in [-0.3, -0.25) is 9.90 Å². The summed E-state index contributed by atoms with van der Waals surface area (Å²) in [6, 6.07) is 0. The Labute approximate surface area is 82.2 Å². The standard InChI is InChI=1S/C3H7NOS2.Na/c1-4(5-2)3(6)7;/h1-2H3,(H,6,7);/q;+1/p-1. The van der Waals surface area contributed by atoms with Gasteiger partial charge in [-0.2, -0.15) is 0 Å². The molecule has 0 spiro atoms. The quantitative estimate of drug-likeness (QED) is 0.179. The molecular formula is C3H6NNaOS2. The summed E-state index contributed by atoms with van der Waals surface area (Å²) in [4.78, 5) is 4.60. The fourth-order valence-electron chi connectivity index (χ4n) is 0.0745. The Bertz CT molecular complexity index is 79.7. The predicted molar refractivity (Wildman–Crippen MR) is 34.7 cm³/mol. The molecule has 42 valence electrons. The van der Waals surface area contributed by atoms with E-state index in [0.29, 0.717) is 4.32 Å². The number of hydroxylamine groups is 2. The van der Waals surface area contributed by atoms with Gasteiger partial charge in [0.1, 0.15) is 0 Å². The minimum atomic E-state index is 0. The molecule has 0 N–H and O–H groups in total. The van der Waals surface area contributed by atoms with Gasteiger partial charge in [-0.05, 0) is 4.32 Å². The molecule has 0 saturated heterocycles. The van der Waals surface area contributed by atoms with Crippen LogP contribution in [0.25, 0.3) is 0 Å². The van der Waals surface area contributed by atoms with Gasteiger partial charge in [-0.25, -0.2) is 0 Å². The van der Waals surface area contributed by atoms with E-state index in [-0.39, 0.29) is 29.6 Å². The van der Waals surface area contributed by atoms with Gasteiger partial charge in [0.2, 0.25) is 0 Å². The van der Waals surface area contributed by atoms with Crippen molar-refractivity contribution in [1.29, 1.82) is 0 Å². The van der Waals surface area contributed by atoms with Crippen molar-refractivity contribution in [1.82, 2.24) is 5.06 Å². The first kappa shape index (κ1) is 11.8. The monoisotopic (exact) mass is 159 g/mol. The first-order valence-electron chi connectivity index (χ1n) is 1.67. The number of hydrogen-bond acceptors (Lipinski definition) is 3. The molecule has 0 heterocycles. The van der Waals surface area contributed by atoms with E-state index in [4.69, 9.17) is 0 Å². The topological polar surface area (TPSA) is 12.5 Å². The average Bonchev–Trinajstić information content (AvgIpc) is 1.65. The van der Waals surface area contributed by atoms with Crippen LogP contribution in [-0.4, -0.2) is 23.5 Å². The van der Waals surface area contributed by atoms with Crippen molar-refractivity contribution in [2.75, 3.05) is 14.2 Å². The smallest absolute Gasteiger partial charge is 0.409 e. The zero-order valence-corrected chi connectivity index (χ0v) is 8.80. The fourth-order valence-corrected chi connectivity index (χ4v) is 0.224. The molecule has 0 aliphatic rings. The van der Waals surface area contributed by atoms with Crippen LogP contribution in [0.2, 0.25) is 0 Å². The first-order valence-corrected chi connectivity index (χ1v) is 2.49. The molecule has 0 bridgehead atoms. The van der Waals surface area contributed by atoms with Gasteiger partial charge in [0.15, 0.2) is 0 Å².